The van der Waals surface area contributed by atoms with Crippen LogP contribution in [0.4, 0.5) is 22.0 Å². The van der Waals surface area contributed by atoms with E-state index in [1.54, 1.807) is 12.1 Å². The zero-order valence-electron chi connectivity index (χ0n) is 20.9. The number of carbonyl (C=O) groups is 2. The second-order valence-electron chi connectivity index (χ2n) is 10.2. The lowest BCUT2D eigenvalue weighted by Crippen LogP contribution is -2.71. The summed E-state index contributed by atoms with van der Waals surface area (Å²) in [5.74, 6) is -1.26. The van der Waals surface area contributed by atoms with E-state index in [0.717, 1.165) is 0 Å². The van der Waals surface area contributed by atoms with Gasteiger partial charge in [-0.3, -0.25) is 9.59 Å². The largest absolute Gasteiger partial charge is 0.586 e. The van der Waals surface area contributed by atoms with E-state index < -0.39 is 60.6 Å². The van der Waals surface area contributed by atoms with Crippen LogP contribution in [0.15, 0.2) is 36.4 Å². The second kappa shape index (κ2) is 8.85. The van der Waals surface area contributed by atoms with Crippen LogP contribution in [0, 0.1) is 0 Å². The van der Waals surface area contributed by atoms with Gasteiger partial charge >= 0.3 is 12.5 Å². The third kappa shape index (κ3) is 4.34. The Hall–Kier alpha value is -3.81. The fourth-order valence-corrected chi connectivity index (χ4v) is 5.12. The van der Waals surface area contributed by atoms with Gasteiger partial charge in [-0.05, 0) is 42.7 Å². The molecule has 2 atom stereocenters. The van der Waals surface area contributed by atoms with Gasteiger partial charge in [0.1, 0.15) is 11.5 Å². The number of amides is 2. The van der Waals surface area contributed by atoms with E-state index in [4.69, 9.17) is 14.2 Å². The topological polar surface area (TPSA) is 104 Å². The Morgan fingerprint density at radius 2 is 1.73 bits per heavy atom. The van der Waals surface area contributed by atoms with Crippen LogP contribution in [0.2, 0.25) is 0 Å². The molecule has 2 N–H and O–H groups in total. The van der Waals surface area contributed by atoms with Crippen LogP contribution in [0.1, 0.15) is 36.4 Å². The molecule has 40 heavy (non-hydrogen) atoms. The molecule has 0 spiro atoms. The van der Waals surface area contributed by atoms with Gasteiger partial charge in [-0.25, -0.2) is 0 Å². The molecule has 2 aromatic carbocycles. The molecule has 2 aromatic rings. The molecule has 4 aliphatic rings. The summed E-state index contributed by atoms with van der Waals surface area (Å²) in [7, 11) is 1.41. The van der Waals surface area contributed by atoms with Crippen molar-refractivity contribution in [1.29, 1.82) is 0 Å². The smallest absolute Gasteiger partial charge is 0.497 e. The van der Waals surface area contributed by atoms with Gasteiger partial charge in [-0.2, -0.15) is 13.2 Å². The fraction of sp³-hybridized carbons (Fsp3) is 0.462. The first kappa shape index (κ1) is 26.4. The van der Waals surface area contributed by atoms with Crippen LogP contribution in [0.3, 0.4) is 0 Å². The van der Waals surface area contributed by atoms with Crippen molar-refractivity contribution in [2.75, 3.05) is 20.3 Å². The number of benzene rings is 2. The first-order chi connectivity index (χ1) is 18.8. The molecule has 0 unspecified atom stereocenters. The van der Waals surface area contributed by atoms with Gasteiger partial charge in [0.15, 0.2) is 23.1 Å². The minimum Gasteiger partial charge on any atom is -0.497 e. The highest BCUT2D eigenvalue weighted by Gasteiger charge is 2.62. The number of hydrogen-bond donors (Lipinski definition) is 2. The fourth-order valence-electron chi connectivity index (χ4n) is 5.12. The van der Waals surface area contributed by atoms with Gasteiger partial charge in [0.05, 0.1) is 31.8 Å². The summed E-state index contributed by atoms with van der Waals surface area (Å²) < 4.78 is 92.5. The number of fused-ring (bicyclic) bond motifs is 2. The summed E-state index contributed by atoms with van der Waals surface area (Å²) in [5, 5.41) is 4.92. The first-order valence-corrected chi connectivity index (χ1v) is 12.4. The lowest BCUT2D eigenvalue weighted by Gasteiger charge is -2.44. The number of hydrogen-bond acceptors (Lipinski definition) is 7. The van der Waals surface area contributed by atoms with E-state index in [-0.39, 0.29) is 23.7 Å². The number of methoxy groups -OCH3 is 1. The third-order valence-corrected chi connectivity index (χ3v) is 7.65. The molecular formula is C26H23F5N2O7. The molecule has 214 valence electrons. The predicted octanol–water partition coefficient (Wildman–Crippen LogP) is 3.50. The minimum absolute atomic E-state index is 0.153. The van der Waals surface area contributed by atoms with Crippen LogP contribution < -0.4 is 29.6 Å². The molecule has 3 aliphatic heterocycles. The van der Waals surface area contributed by atoms with Crippen molar-refractivity contribution in [3.05, 3.63) is 47.5 Å². The molecule has 1 saturated heterocycles. The molecule has 1 saturated carbocycles. The number of halogens is 5. The zero-order chi connectivity index (χ0) is 28.5. The number of carbonyl (C=O) groups excluding carboxylic acids is 2. The standard InChI is InChI=1S/C26H23F5N2O7/c1-36-14-3-4-15-16(10-20(38-18(15)9-14)21(34)33-24(11-37-12-24)25(27,28)29)32-22(35)23(6-7-23)13-2-5-17-19(8-13)40-26(30,31)39-17/h2-5,8-9,16,20H,6-7,10-12H2,1H3,(H,32,35)(H,33,34)/t16-,20+/m0/s1. The number of rotatable bonds is 6. The second-order valence-corrected chi connectivity index (χ2v) is 10.2. The molecule has 0 radical (unpaired) electrons. The Morgan fingerprint density at radius 3 is 2.35 bits per heavy atom. The lowest BCUT2D eigenvalue weighted by atomic mass is 9.91. The number of nitrogens with one attached hydrogen (secondary N) is 2. The summed E-state index contributed by atoms with van der Waals surface area (Å²) in [6.45, 7) is -1.44. The molecule has 0 aromatic heterocycles. The van der Waals surface area contributed by atoms with Crippen LogP contribution in [0.25, 0.3) is 0 Å². The van der Waals surface area contributed by atoms with Crippen LogP contribution >= 0.6 is 0 Å². The van der Waals surface area contributed by atoms with Crippen molar-refractivity contribution in [2.24, 2.45) is 0 Å². The molecule has 6 rings (SSSR count). The van der Waals surface area contributed by atoms with E-state index in [9.17, 15) is 31.5 Å². The Labute approximate surface area is 223 Å². The van der Waals surface area contributed by atoms with Gasteiger partial charge < -0.3 is 34.3 Å². The van der Waals surface area contributed by atoms with E-state index in [0.29, 0.717) is 29.7 Å². The highest BCUT2D eigenvalue weighted by molar-refractivity contribution is 5.92. The van der Waals surface area contributed by atoms with E-state index in [1.165, 1.54) is 31.4 Å². The Morgan fingerprint density at radius 1 is 1.00 bits per heavy atom. The van der Waals surface area contributed by atoms with Crippen LogP contribution in [0.5, 0.6) is 23.0 Å². The van der Waals surface area contributed by atoms with Crippen LogP contribution in [-0.2, 0) is 19.7 Å². The van der Waals surface area contributed by atoms with Gasteiger partial charge in [0.25, 0.3) is 5.91 Å². The van der Waals surface area contributed by atoms with Crippen molar-refractivity contribution in [1.82, 2.24) is 10.6 Å². The molecule has 14 heteroatoms. The van der Waals surface area contributed by atoms with E-state index in [1.807, 2.05) is 5.32 Å². The van der Waals surface area contributed by atoms with Crippen LogP contribution in [-0.4, -0.2) is 56.3 Å². The SMILES string of the molecule is COc1ccc2c(c1)O[C@@H](C(=O)NC1(C(F)(F)F)COC1)C[C@@H]2NC(=O)C1(c2ccc3c(c2)OC(F)(F)O3)CC1. The maximum absolute atomic E-state index is 13.6. The monoisotopic (exact) mass is 570 g/mol. The highest BCUT2D eigenvalue weighted by atomic mass is 19.4. The van der Waals surface area contributed by atoms with Gasteiger partial charge in [0, 0.05) is 18.1 Å². The quantitative estimate of drug-likeness (QED) is 0.513. The molecule has 2 amide bonds. The average Bonchev–Trinajstić information content (AvgIpc) is 3.61. The van der Waals surface area contributed by atoms with Crippen molar-refractivity contribution >= 4 is 11.8 Å². The maximum atomic E-state index is 13.6. The summed E-state index contributed by atoms with van der Waals surface area (Å²) in [6.07, 6.45) is -9.23. The molecule has 1 aliphatic carbocycles. The Bertz CT molecular complexity index is 1370. The lowest BCUT2D eigenvalue weighted by molar-refractivity contribution is -0.286. The molecule has 2 fully saturated rings. The third-order valence-electron chi connectivity index (χ3n) is 7.65. The highest BCUT2D eigenvalue weighted by Crippen LogP contribution is 2.52. The summed E-state index contributed by atoms with van der Waals surface area (Å²) in [6, 6.07) is 8.06. The summed E-state index contributed by atoms with van der Waals surface area (Å²) in [5.41, 5.74) is -2.62. The van der Waals surface area contributed by atoms with Gasteiger partial charge in [-0.1, -0.05) is 6.07 Å². The average molecular weight is 570 g/mol. The molecule has 0 bridgehead atoms. The number of ether oxygens (including phenoxy) is 5. The maximum Gasteiger partial charge on any atom is 0.586 e. The minimum atomic E-state index is -4.74. The summed E-state index contributed by atoms with van der Waals surface area (Å²) in [4.78, 5) is 26.6. The van der Waals surface area contributed by atoms with Crippen molar-refractivity contribution < 1.29 is 55.2 Å². The van der Waals surface area contributed by atoms with Crippen molar-refractivity contribution in [2.45, 2.75) is 54.8 Å². The predicted molar refractivity (Wildman–Crippen MR) is 124 cm³/mol. The van der Waals surface area contributed by atoms with Crippen molar-refractivity contribution in [3.63, 3.8) is 0 Å². The molecular weight excluding hydrogens is 547 g/mol. The molecule has 9 nitrogen and oxygen atoms in total. The first-order valence-electron chi connectivity index (χ1n) is 12.4. The number of alkyl halides is 5. The zero-order valence-corrected chi connectivity index (χ0v) is 20.9. The Kier molecular flexibility index (Phi) is 5.84. The molecule has 3 heterocycles. The van der Waals surface area contributed by atoms with E-state index >= 15 is 0 Å². The van der Waals surface area contributed by atoms with E-state index in [2.05, 4.69) is 14.8 Å². The summed E-state index contributed by atoms with van der Waals surface area (Å²) >= 11 is 0. The van der Waals surface area contributed by atoms with Gasteiger partial charge in [0.2, 0.25) is 5.91 Å². The van der Waals surface area contributed by atoms with Gasteiger partial charge in [-0.15, -0.1) is 8.78 Å². The Balaban J connectivity index is 1.24. The normalized spacial score (nSPS) is 24.6. The van der Waals surface area contributed by atoms with Crippen molar-refractivity contribution in [3.8, 4) is 23.0 Å².